The van der Waals surface area contributed by atoms with Crippen molar-refractivity contribution in [2.45, 2.75) is 50.0 Å². The van der Waals surface area contributed by atoms with Crippen LogP contribution in [0.1, 0.15) is 54.3 Å². The van der Waals surface area contributed by atoms with Gasteiger partial charge in [0.25, 0.3) is 0 Å². The van der Waals surface area contributed by atoms with Crippen LogP contribution < -0.4 is 0 Å². The van der Waals surface area contributed by atoms with Crippen molar-refractivity contribution in [1.29, 1.82) is 0 Å². The summed E-state index contributed by atoms with van der Waals surface area (Å²) in [6.45, 7) is 3.07. The number of aliphatic carboxylic acids is 1. The number of carbonyl (C=O) groups is 1. The second kappa shape index (κ2) is 7.65. The average molecular weight is 464 g/mol. The highest BCUT2D eigenvalue weighted by Gasteiger charge is 2.51. The smallest absolute Gasteiger partial charge is 0.335 e. The number of fused-ring (bicyclic) bond motifs is 2. The Morgan fingerprint density at radius 2 is 1.97 bits per heavy atom. The summed E-state index contributed by atoms with van der Waals surface area (Å²) in [5, 5.41) is 29.3. The zero-order chi connectivity index (χ0) is 23.6. The van der Waals surface area contributed by atoms with E-state index in [-0.39, 0.29) is 30.5 Å². The maximum Gasteiger partial charge on any atom is 0.335 e. The minimum atomic E-state index is -1.70. The van der Waals surface area contributed by atoms with Gasteiger partial charge in [-0.2, -0.15) is 5.10 Å². The van der Waals surface area contributed by atoms with Crippen molar-refractivity contribution in [3.8, 4) is 5.69 Å². The Kier molecular flexibility index (Phi) is 4.79. The second-order valence-corrected chi connectivity index (χ2v) is 9.72. The number of aryl methyl sites for hydroxylation is 1. The van der Waals surface area contributed by atoms with E-state index in [4.69, 9.17) is 4.74 Å². The van der Waals surface area contributed by atoms with Crippen molar-refractivity contribution < 1.29 is 24.1 Å². The van der Waals surface area contributed by atoms with Gasteiger partial charge in [-0.3, -0.25) is 5.10 Å². The number of aromatic amines is 1. The molecule has 2 aromatic heterocycles. The van der Waals surface area contributed by atoms with Gasteiger partial charge < -0.3 is 19.5 Å². The molecule has 2 aliphatic rings. The van der Waals surface area contributed by atoms with Crippen LogP contribution in [0.2, 0.25) is 0 Å². The average Bonchev–Trinajstić information content (AvgIpc) is 3.39. The number of rotatable bonds is 4. The van der Waals surface area contributed by atoms with Crippen molar-refractivity contribution >= 4 is 27.8 Å². The molecular weight excluding hydrogens is 437 g/mol. The van der Waals surface area contributed by atoms with Crippen LogP contribution in [0.4, 0.5) is 4.39 Å². The van der Waals surface area contributed by atoms with Gasteiger partial charge in [-0.05, 0) is 80.0 Å². The van der Waals surface area contributed by atoms with E-state index >= 15 is 0 Å². The van der Waals surface area contributed by atoms with Crippen molar-refractivity contribution in [1.82, 2.24) is 14.8 Å². The highest BCUT2D eigenvalue weighted by molar-refractivity contribution is 5.99. The number of nitrogens with zero attached hydrogens (tertiary/aromatic N) is 2. The van der Waals surface area contributed by atoms with E-state index in [0.717, 1.165) is 51.6 Å². The standard InChI is InChI=1S/C26H26FN3O4/c1-14-8-18(2-3-20(14)27)30-22-9-16-13-28-29-21(16)10-19(22)23(17-11-26(33,12-17)25(31)32)24(30)15-4-6-34-7-5-15/h2-3,8-10,13,15,17,33H,4-7,11-12H2,1H3,(H,28,29)(H,31,32)/t17-,26+. The molecule has 176 valence electrons. The Bertz CT molecular complexity index is 1430. The Morgan fingerprint density at radius 3 is 2.68 bits per heavy atom. The number of benzene rings is 2. The molecule has 3 N–H and O–H groups in total. The van der Waals surface area contributed by atoms with E-state index < -0.39 is 11.6 Å². The molecule has 0 bridgehead atoms. The van der Waals surface area contributed by atoms with Gasteiger partial charge in [0.1, 0.15) is 5.82 Å². The van der Waals surface area contributed by atoms with Gasteiger partial charge in [-0.25, -0.2) is 9.18 Å². The minimum Gasteiger partial charge on any atom is -0.479 e. The lowest BCUT2D eigenvalue weighted by Crippen LogP contribution is -2.49. The maximum absolute atomic E-state index is 14.2. The fourth-order valence-corrected chi connectivity index (χ4v) is 5.75. The van der Waals surface area contributed by atoms with Crippen LogP contribution >= 0.6 is 0 Å². The number of carboxylic acid groups (broad SMARTS) is 1. The fraction of sp³-hybridized carbons (Fsp3) is 0.385. The number of ether oxygens (including phenoxy) is 1. The number of hydrogen-bond donors (Lipinski definition) is 3. The SMILES string of the molecule is Cc1cc(-n2c(C3CCOCC3)c([C@H]3C[C@](O)(C(=O)O)C3)c3cc4[nH]ncc4cc32)ccc1F. The molecule has 0 radical (unpaired) electrons. The van der Waals surface area contributed by atoms with Crippen LogP contribution in [0.5, 0.6) is 0 Å². The largest absolute Gasteiger partial charge is 0.479 e. The maximum atomic E-state index is 14.2. The first-order chi connectivity index (χ1) is 16.4. The Morgan fingerprint density at radius 1 is 1.21 bits per heavy atom. The number of aromatic nitrogens is 3. The Labute approximate surface area is 195 Å². The number of nitrogens with one attached hydrogen (secondary N) is 1. The number of hydrogen-bond acceptors (Lipinski definition) is 4. The van der Waals surface area contributed by atoms with Crippen molar-refractivity contribution in [3.63, 3.8) is 0 Å². The predicted octanol–water partition coefficient (Wildman–Crippen LogP) is 4.54. The number of aliphatic hydroxyl groups is 1. The van der Waals surface area contributed by atoms with Crippen LogP contribution in [0.3, 0.4) is 0 Å². The highest BCUT2D eigenvalue weighted by Crippen LogP contribution is 2.52. The fourth-order valence-electron chi connectivity index (χ4n) is 5.75. The summed E-state index contributed by atoms with van der Waals surface area (Å²) in [7, 11) is 0. The van der Waals surface area contributed by atoms with Gasteiger partial charge in [0.05, 0.1) is 17.2 Å². The predicted molar refractivity (Wildman–Crippen MR) is 125 cm³/mol. The molecule has 2 aromatic carbocycles. The molecule has 6 rings (SSSR count). The summed E-state index contributed by atoms with van der Waals surface area (Å²) < 4.78 is 22.0. The summed E-state index contributed by atoms with van der Waals surface area (Å²) in [6, 6.07) is 9.30. The second-order valence-electron chi connectivity index (χ2n) is 9.72. The van der Waals surface area contributed by atoms with Gasteiger partial charge in [-0.15, -0.1) is 0 Å². The first-order valence-corrected chi connectivity index (χ1v) is 11.7. The molecule has 0 atom stereocenters. The van der Waals surface area contributed by atoms with Gasteiger partial charge in [0, 0.05) is 41.3 Å². The summed E-state index contributed by atoms with van der Waals surface area (Å²) in [5.74, 6) is -1.32. The molecule has 34 heavy (non-hydrogen) atoms. The van der Waals surface area contributed by atoms with Crippen LogP contribution in [0, 0.1) is 12.7 Å². The molecular formula is C26H26FN3O4. The third-order valence-electron chi connectivity index (χ3n) is 7.59. The van der Waals surface area contributed by atoms with Gasteiger partial charge in [0.2, 0.25) is 0 Å². The first kappa shape index (κ1) is 21.3. The van der Waals surface area contributed by atoms with E-state index in [0.29, 0.717) is 18.8 Å². The molecule has 0 spiro atoms. The van der Waals surface area contributed by atoms with E-state index in [2.05, 4.69) is 26.9 Å². The van der Waals surface area contributed by atoms with Gasteiger partial charge in [-0.1, -0.05) is 0 Å². The van der Waals surface area contributed by atoms with Crippen LogP contribution in [-0.2, 0) is 9.53 Å². The normalized spacial score (nSPS) is 23.4. The minimum absolute atomic E-state index is 0.0930. The molecule has 8 heteroatoms. The van der Waals surface area contributed by atoms with Crippen LogP contribution in [0.15, 0.2) is 36.5 Å². The third kappa shape index (κ3) is 3.16. The topological polar surface area (TPSA) is 100 Å². The molecule has 7 nitrogen and oxygen atoms in total. The van der Waals surface area contributed by atoms with E-state index in [1.54, 1.807) is 19.2 Å². The highest BCUT2D eigenvalue weighted by atomic mass is 19.1. The molecule has 0 unspecified atom stereocenters. The van der Waals surface area contributed by atoms with Gasteiger partial charge in [0.15, 0.2) is 5.60 Å². The van der Waals surface area contributed by atoms with Crippen LogP contribution in [-0.4, -0.2) is 49.8 Å². The number of carboxylic acids is 1. The lowest BCUT2D eigenvalue weighted by atomic mass is 9.66. The van der Waals surface area contributed by atoms with Crippen LogP contribution in [0.25, 0.3) is 27.5 Å². The van der Waals surface area contributed by atoms with E-state index in [9.17, 15) is 19.4 Å². The summed E-state index contributed by atoms with van der Waals surface area (Å²) in [5.41, 5.74) is 3.79. The summed E-state index contributed by atoms with van der Waals surface area (Å²) in [6.07, 6.45) is 3.81. The monoisotopic (exact) mass is 463 g/mol. The molecule has 4 aromatic rings. The molecule has 3 heterocycles. The Hall–Kier alpha value is -3.23. The van der Waals surface area contributed by atoms with Gasteiger partial charge >= 0.3 is 5.97 Å². The zero-order valence-corrected chi connectivity index (χ0v) is 18.8. The molecule has 2 fully saturated rings. The molecule has 1 aliphatic heterocycles. The Balaban J connectivity index is 1.65. The van der Waals surface area contributed by atoms with E-state index in [1.165, 1.54) is 6.07 Å². The molecule has 1 saturated heterocycles. The third-order valence-corrected chi connectivity index (χ3v) is 7.59. The molecule has 1 saturated carbocycles. The lowest BCUT2D eigenvalue weighted by molar-refractivity contribution is -0.169. The lowest BCUT2D eigenvalue weighted by Gasteiger charge is -2.41. The summed E-state index contributed by atoms with van der Waals surface area (Å²) >= 11 is 0. The molecule has 0 amide bonds. The summed E-state index contributed by atoms with van der Waals surface area (Å²) in [4.78, 5) is 11.6. The first-order valence-electron chi connectivity index (χ1n) is 11.7. The van der Waals surface area contributed by atoms with Crippen molar-refractivity contribution in [2.24, 2.45) is 0 Å². The van der Waals surface area contributed by atoms with Crippen molar-refractivity contribution in [2.75, 3.05) is 13.2 Å². The van der Waals surface area contributed by atoms with Crippen molar-refractivity contribution in [3.05, 3.63) is 59.2 Å². The quantitative estimate of drug-likeness (QED) is 0.413. The molecule has 1 aliphatic carbocycles. The zero-order valence-electron chi connectivity index (χ0n) is 18.8. The van der Waals surface area contributed by atoms with E-state index in [1.807, 2.05) is 6.07 Å². The number of H-pyrrole nitrogens is 1. The number of halogens is 1.